The number of allylic oxidation sites excluding steroid dienone is 1. The van der Waals surface area contributed by atoms with Gasteiger partial charge < -0.3 is 9.84 Å². The van der Waals surface area contributed by atoms with Gasteiger partial charge in [0.2, 0.25) is 0 Å². The van der Waals surface area contributed by atoms with Crippen molar-refractivity contribution in [1.29, 1.82) is 0 Å². The lowest BCUT2D eigenvalue weighted by molar-refractivity contribution is -0.143. The Kier molecular flexibility index (Phi) is 29.1. The predicted octanol–water partition coefficient (Wildman–Crippen LogP) is 11.0. The number of esters is 1. The standard InChI is InChI=1S/C34H66O3/c1-4-5-6-7-8-9-10-11-12-13-14-15-16-17-18-19-20-21-22-23-24-27-32(2)28-26-31-37-34(36)30-25-29-33(3)35/h28,33,35H,4-27,29-31H2,1-3H3/b32-28+/t33-/m0/s1. The third-order valence-corrected chi connectivity index (χ3v) is 7.55. The lowest BCUT2D eigenvalue weighted by atomic mass is 10.0. The van der Waals surface area contributed by atoms with Gasteiger partial charge in [0.15, 0.2) is 0 Å². The maximum atomic E-state index is 11.6. The van der Waals surface area contributed by atoms with Crippen molar-refractivity contribution in [3.8, 4) is 0 Å². The second-order valence-electron chi connectivity index (χ2n) is 11.6. The fourth-order valence-corrected chi connectivity index (χ4v) is 5.03. The summed E-state index contributed by atoms with van der Waals surface area (Å²) in [5.74, 6) is -0.143. The molecule has 0 amide bonds. The zero-order valence-electron chi connectivity index (χ0n) is 25.5. The molecule has 0 saturated carbocycles. The number of ether oxygens (including phenoxy) is 1. The number of aliphatic hydroxyl groups is 1. The normalized spacial score (nSPS) is 12.7. The zero-order chi connectivity index (χ0) is 27.2. The molecule has 0 radical (unpaired) electrons. The molecular formula is C34H66O3. The molecule has 0 aromatic rings. The molecule has 1 N–H and O–H groups in total. The molecule has 0 aromatic carbocycles. The van der Waals surface area contributed by atoms with Crippen LogP contribution < -0.4 is 0 Å². The van der Waals surface area contributed by atoms with E-state index in [0.717, 1.165) is 6.42 Å². The Labute approximate surface area is 232 Å². The van der Waals surface area contributed by atoms with Gasteiger partial charge in [-0.3, -0.25) is 4.79 Å². The van der Waals surface area contributed by atoms with E-state index in [4.69, 9.17) is 4.74 Å². The van der Waals surface area contributed by atoms with Crippen molar-refractivity contribution in [2.75, 3.05) is 6.61 Å². The van der Waals surface area contributed by atoms with E-state index in [1.54, 1.807) is 6.92 Å². The average molecular weight is 523 g/mol. The molecule has 3 nitrogen and oxygen atoms in total. The number of hydrogen-bond acceptors (Lipinski definition) is 3. The van der Waals surface area contributed by atoms with Gasteiger partial charge in [0.1, 0.15) is 0 Å². The van der Waals surface area contributed by atoms with Crippen LogP contribution in [0.1, 0.15) is 188 Å². The topological polar surface area (TPSA) is 46.5 Å². The van der Waals surface area contributed by atoms with Crippen molar-refractivity contribution in [3.63, 3.8) is 0 Å². The van der Waals surface area contributed by atoms with Crippen LogP contribution in [0.25, 0.3) is 0 Å². The number of carbonyl (C=O) groups is 1. The molecule has 1 atom stereocenters. The molecule has 3 heteroatoms. The minimum atomic E-state index is -0.336. The highest BCUT2D eigenvalue weighted by Crippen LogP contribution is 2.16. The Morgan fingerprint density at radius 1 is 0.649 bits per heavy atom. The van der Waals surface area contributed by atoms with E-state index in [1.807, 2.05) is 0 Å². The highest BCUT2D eigenvalue weighted by molar-refractivity contribution is 5.69. The van der Waals surface area contributed by atoms with Crippen molar-refractivity contribution < 1.29 is 14.6 Å². The summed E-state index contributed by atoms with van der Waals surface area (Å²) in [5, 5.41) is 9.21. The van der Waals surface area contributed by atoms with Crippen molar-refractivity contribution >= 4 is 5.97 Å². The van der Waals surface area contributed by atoms with Gasteiger partial charge in [-0.1, -0.05) is 147 Å². The Bertz CT molecular complexity index is 497. The molecule has 0 heterocycles. The Morgan fingerprint density at radius 2 is 1.05 bits per heavy atom. The Balaban J connectivity index is 3.26. The summed E-state index contributed by atoms with van der Waals surface area (Å²) in [5.41, 5.74) is 1.42. The molecule has 220 valence electrons. The summed E-state index contributed by atoms with van der Waals surface area (Å²) < 4.78 is 5.26. The van der Waals surface area contributed by atoms with E-state index in [0.29, 0.717) is 25.9 Å². The van der Waals surface area contributed by atoms with Crippen molar-refractivity contribution in [2.24, 2.45) is 0 Å². The summed E-state index contributed by atoms with van der Waals surface area (Å²) >= 11 is 0. The first kappa shape index (κ1) is 36.2. The van der Waals surface area contributed by atoms with E-state index >= 15 is 0 Å². The highest BCUT2D eigenvalue weighted by Gasteiger charge is 2.04. The quantitative estimate of drug-likeness (QED) is 0.0603. The van der Waals surface area contributed by atoms with Crippen LogP contribution in [-0.4, -0.2) is 23.8 Å². The monoisotopic (exact) mass is 523 g/mol. The smallest absolute Gasteiger partial charge is 0.305 e. The lowest BCUT2D eigenvalue weighted by Gasteiger charge is -2.06. The van der Waals surface area contributed by atoms with E-state index in [9.17, 15) is 9.90 Å². The van der Waals surface area contributed by atoms with Crippen molar-refractivity contribution in [3.05, 3.63) is 11.6 Å². The lowest BCUT2D eigenvalue weighted by Crippen LogP contribution is -2.07. The highest BCUT2D eigenvalue weighted by atomic mass is 16.5. The number of carbonyl (C=O) groups excluding carboxylic acids is 1. The van der Waals surface area contributed by atoms with Crippen LogP contribution >= 0.6 is 0 Å². The van der Waals surface area contributed by atoms with E-state index in [2.05, 4.69) is 19.9 Å². The van der Waals surface area contributed by atoms with Gasteiger partial charge in [0.25, 0.3) is 0 Å². The summed E-state index contributed by atoms with van der Waals surface area (Å²) in [6, 6.07) is 0. The average Bonchev–Trinajstić information content (AvgIpc) is 2.87. The molecule has 0 spiro atoms. The number of hydrogen-bond donors (Lipinski definition) is 1. The van der Waals surface area contributed by atoms with Gasteiger partial charge in [0, 0.05) is 6.42 Å². The fraction of sp³-hybridized carbons (Fsp3) is 0.912. The SMILES string of the molecule is CCCCCCCCCCCCCCCCCCCCCCC/C(C)=C/CCOC(=O)CCC[C@H](C)O. The molecular weight excluding hydrogens is 456 g/mol. The third kappa shape index (κ3) is 31.3. The maximum absolute atomic E-state index is 11.6. The Hall–Kier alpha value is -0.830. The van der Waals surface area contributed by atoms with Crippen molar-refractivity contribution in [1.82, 2.24) is 0 Å². The first-order valence-corrected chi connectivity index (χ1v) is 16.6. The summed E-state index contributed by atoms with van der Waals surface area (Å²) in [7, 11) is 0. The van der Waals surface area contributed by atoms with Crippen LogP contribution in [0, 0.1) is 0 Å². The number of aliphatic hydroxyl groups excluding tert-OH is 1. The van der Waals surface area contributed by atoms with E-state index in [-0.39, 0.29) is 12.1 Å². The first-order chi connectivity index (χ1) is 18.1. The van der Waals surface area contributed by atoms with Gasteiger partial charge in [-0.25, -0.2) is 0 Å². The first-order valence-electron chi connectivity index (χ1n) is 16.6. The van der Waals surface area contributed by atoms with Gasteiger partial charge in [-0.2, -0.15) is 0 Å². The van der Waals surface area contributed by atoms with Crippen LogP contribution in [-0.2, 0) is 9.53 Å². The largest absolute Gasteiger partial charge is 0.465 e. The second-order valence-corrected chi connectivity index (χ2v) is 11.6. The Morgan fingerprint density at radius 3 is 1.46 bits per heavy atom. The van der Waals surface area contributed by atoms with Crippen LogP contribution in [0.2, 0.25) is 0 Å². The molecule has 0 aromatic heterocycles. The van der Waals surface area contributed by atoms with Crippen LogP contribution in [0.15, 0.2) is 11.6 Å². The van der Waals surface area contributed by atoms with Gasteiger partial charge in [-0.05, 0) is 46.0 Å². The molecule has 0 rings (SSSR count). The minimum Gasteiger partial charge on any atom is -0.465 e. The molecule has 0 fully saturated rings. The zero-order valence-corrected chi connectivity index (χ0v) is 25.5. The minimum absolute atomic E-state index is 0.143. The molecule has 0 aliphatic carbocycles. The molecule has 0 unspecified atom stereocenters. The summed E-state index contributed by atoms with van der Waals surface area (Å²) in [6.45, 7) is 6.72. The van der Waals surface area contributed by atoms with Crippen LogP contribution in [0.5, 0.6) is 0 Å². The van der Waals surface area contributed by atoms with Gasteiger partial charge in [-0.15, -0.1) is 0 Å². The van der Waals surface area contributed by atoms with Crippen LogP contribution in [0.4, 0.5) is 0 Å². The summed E-state index contributed by atoms with van der Waals surface area (Å²) in [4.78, 5) is 11.6. The molecule has 0 bridgehead atoms. The van der Waals surface area contributed by atoms with E-state index < -0.39 is 0 Å². The number of unbranched alkanes of at least 4 members (excludes halogenated alkanes) is 20. The molecule has 0 saturated heterocycles. The predicted molar refractivity (Wildman–Crippen MR) is 162 cm³/mol. The fourth-order valence-electron chi connectivity index (χ4n) is 5.03. The van der Waals surface area contributed by atoms with Crippen molar-refractivity contribution in [2.45, 2.75) is 194 Å². The van der Waals surface area contributed by atoms with Gasteiger partial charge in [0.05, 0.1) is 12.7 Å². The van der Waals surface area contributed by atoms with E-state index in [1.165, 1.54) is 147 Å². The molecule has 37 heavy (non-hydrogen) atoms. The second kappa shape index (κ2) is 29.7. The van der Waals surface area contributed by atoms with Gasteiger partial charge >= 0.3 is 5.97 Å². The van der Waals surface area contributed by atoms with Crippen LogP contribution in [0.3, 0.4) is 0 Å². The number of rotatable bonds is 29. The molecule has 0 aliphatic heterocycles. The summed E-state index contributed by atoms with van der Waals surface area (Å²) in [6.07, 6.45) is 35.6. The third-order valence-electron chi connectivity index (χ3n) is 7.55. The molecule has 0 aliphatic rings. The maximum Gasteiger partial charge on any atom is 0.305 e.